The summed E-state index contributed by atoms with van der Waals surface area (Å²) in [5.74, 6) is 2.84. The average molecular weight is 220 g/mol. The SMILES string of the molecule is C=C1C(C)C(C)C(=C)C2CCCCC12.CC. The Hall–Kier alpha value is -0.520. The number of hydrogen-bond acceptors (Lipinski definition) is 0. The number of allylic oxidation sites excluding steroid dienone is 2. The molecule has 4 unspecified atom stereocenters. The molecule has 2 aliphatic rings. The van der Waals surface area contributed by atoms with Gasteiger partial charge in [0, 0.05) is 0 Å². The zero-order valence-electron chi connectivity index (χ0n) is 11.6. The van der Waals surface area contributed by atoms with Gasteiger partial charge in [-0.05, 0) is 36.5 Å². The minimum absolute atomic E-state index is 0.654. The molecule has 0 amide bonds. The van der Waals surface area contributed by atoms with Gasteiger partial charge in [-0.2, -0.15) is 0 Å². The lowest BCUT2D eigenvalue weighted by molar-refractivity contribution is 0.224. The molecule has 0 heterocycles. The van der Waals surface area contributed by atoms with Crippen molar-refractivity contribution in [2.45, 2.75) is 53.4 Å². The molecule has 0 nitrogen and oxygen atoms in total. The van der Waals surface area contributed by atoms with Crippen molar-refractivity contribution in [1.29, 1.82) is 0 Å². The van der Waals surface area contributed by atoms with Crippen molar-refractivity contribution >= 4 is 0 Å². The van der Waals surface area contributed by atoms with Gasteiger partial charge in [0.25, 0.3) is 0 Å². The maximum atomic E-state index is 4.32. The van der Waals surface area contributed by atoms with Crippen LogP contribution in [-0.2, 0) is 0 Å². The maximum absolute atomic E-state index is 4.32. The first-order valence-electron chi connectivity index (χ1n) is 7.00. The van der Waals surface area contributed by atoms with Crippen LogP contribution in [0.15, 0.2) is 24.3 Å². The Kier molecular flexibility index (Phi) is 4.83. The van der Waals surface area contributed by atoms with E-state index in [2.05, 4.69) is 27.0 Å². The van der Waals surface area contributed by atoms with Gasteiger partial charge in [0.2, 0.25) is 0 Å². The van der Waals surface area contributed by atoms with E-state index < -0.39 is 0 Å². The molecule has 2 saturated carbocycles. The Bertz CT molecular complexity index is 233. The van der Waals surface area contributed by atoms with Crippen molar-refractivity contribution in [3.05, 3.63) is 24.3 Å². The van der Waals surface area contributed by atoms with E-state index in [1.807, 2.05) is 13.8 Å². The molecule has 0 radical (unpaired) electrons. The van der Waals surface area contributed by atoms with E-state index in [0.29, 0.717) is 11.8 Å². The molecule has 0 saturated heterocycles. The van der Waals surface area contributed by atoms with Gasteiger partial charge in [-0.3, -0.25) is 0 Å². The summed E-state index contributed by atoms with van der Waals surface area (Å²) in [5, 5.41) is 0. The van der Waals surface area contributed by atoms with Crippen LogP contribution in [0.5, 0.6) is 0 Å². The summed E-state index contributed by atoms with van der Waals surface area (Å²) in [7, 11) is 0. The van der Waals surface area contributed by atoms with Gasteiger partial charge in [0.1, 0.15) is 0 Å². The summed E-state index contributed by atoms with van der Waals surface area (Å²) in [5.41, 5.74) is 3.02. The van der Waals surface area contributed by atoms with Crippen molar-refractivity contribution in [2.75, 3.05) is 0 Å². The standard InChI is InChI=1S/C14H22.C2H6/c1-9-10(2)12(4)14-8-6-5-7-13(14)11(9)3;1-2/h9-10,13-14H,3-8H2,1-2H3;1-2H3. The second-order valence-electron chi connectivity index (χ2n) is 5.22. The fourth-order valence-corrected chi connectivity index (χ4v) is 3.34. The molecule has 0 heteroatoms. The molecule has 2 rings (SSSR count). The first-order valence-corrected chi connectivity index (χ1v) is 7.00. The van der Waals surface area contributed by atoms with Crippen molar-refractivity contribution in [3.8, 4) is 0 Å². The van der Waals surface area contributed by atoms with E-state index in [1.165, 1.54) is 36.8 Å². The predicted octanol–water partition coefficient (Wildman–Crippen LogP) is 5.22. The Labute approximate surface area is 102 Å². The van der Waals surface area contributed by atoms with E-state index in [-0.39, 0.29) is 0 Å². The molecule has 0 bridgehead atoms. The van der Waals surface area contributed by atoms with Gasteiger partial charge >= 0.3 is 0 Å². The minimum atomic E-state index is 0.654. The average Bonchev–Trinajstić information content (AvgIpc) is 2.36. The molecule has 0 aromatic carbocycles. The highest BCUT2D eigenvalue weighted by Gasteiger charge is 2.39. The summed E-state index contributed by atoms with van der Waals surface area (Å²) in [6.07, 6.45) is 5.52. The second-order valence-corrected chi connectivity index (χ2v) is 5.22. The van der Waals surface area contributed by atoms with E-state index in [1.54, 1.807) is 0 Å². The third-order valence-electron chi connectivity index (χ3n) is 4.64. The van der Waals surface area contributed by atoms with Crippen molar-refractivity contribution < 1.29 is 0 Å². The van der Waals surface area contributed by atoms with Crippen LogP contribution in [0.4, 0.5) is 0 Å². The van der Waals surface area contributed by atoms with Gasteiger partial charge in [0.15, 0.2) is 0 Å². The van der Waals surface area contributed by atoms with Gasteiger partial charge < -0.3 is 0 Å². The highest BCUT2D eigenvalue weighted by molar-refractivity contribution is 5.25. The molecule has 2 aliphatic carbocycles. The Morgan fingerprint density at radius 2 is 1.12 bits per heavy atom. The molecule has 0 aromatic heterocycles. The van der Waals surface area contributed by atoms with Gasteiger partial charge in [-0.15, -0.1) is 0 Å². The lowest BCUT2D eigenvalue weighted by Crippen LogP contribution is -2.35. The van der Waals surface area contributed by atoms with Crippen LogP contribution in [0, 0.1) is 23.7 Å². The summed E-state index contributed by atoms with van der Waals surface area (Å²) in [4.78, 5) is 0. The van der Waals surface area contributed by atoms with Gasteiger partial charge in [0.05, 0.1) is 0 Å². The first-order chi connectivity index (χ1) is 7.63. The zero-order valence-corrected chi connectivity index (χ0v) is 11.6. The highest BCUT2D eigenvalue weighted by Crippen LogP contribution is 2.49. The molecule has 0 aliphatic heterocycles. The molecular weight excluding hydrogens is 192 g/mol. The van der Waals surface area contributed by atoms with E-state index in [4.69, 9.17) is 0 Å². The van der Waals surface area contributed by atoms with Crippen LogP contribution < -0.4 is 0 Å². The van der Waals surface area contributed by atoms with Crippen LogP contribution in [0.3, 0.4) is 0 Å². The van der Waals surface area contributed by atoms with Crippen LogP contribution >= 0.6 is 0 Å². The van der Waals surface area contributed by atoms with Crippen LogP contribution in [0.1, 0.15) is 53.4 Å². The van der Waals surface area contributed by atoms with Crippen LogP contribution in [-0.4, -0.2) is 0 Å². The van der Waals surface area contributed by atoms with E-state index in [0.717, 1.165) is 11.8 Å². The topological polar surface area (TPSA) is 0 Å². The molecule has 0 spiro atoms. The largest absolute Gasteiger partial charge is 0.0993 e. The minimum Gasteiger partial charge on any atom is -0.0993 e. The third-order valence-corrected chi connectivity index (χ3v) is 4.64. The summed E-state index contributed by atoms with van der Waals surface area (Å²) < 4.78 is 0. The smallest absolute Gasteiger partial charge is 0.0137 e. The summed E-state index contributed by atoms with van der Waals surface area (Å²) in [6, 6.07) is 0. The van der Waals surface area contributed by atoms with Crippen LogP contribution in [0.25, 0.3) is 0 Å². The summed E-state index contributed by atoms with van der Waals surface area (Å²) >= 11 is 0. The molecule has 2 fully saturated rings. The second kappa shape index (κ2) is 5.70. The number of fused-ring (bicyclic) bond motifs is 1. The molecule has 16 heavy (non-hydrogen) atoms. The maximum Gasteiger partial charge on any atom is -0.0137 e. The Morgan fingerprint density at radius 3 is 1.44 bits per heavy atom. The highest BCUT2D eigenvalue weighted by atomic mass is 14.4. The van der Waals surface area contributed by atoms with Crippen molar-refractivity contribution in [1.82, 2.24) is 0 Å². The zero-order chi connectivity index (χ0) is 12.3. The number of rotatable bonds is 0. The van der Waals surface area contributed by atoms with Crippen molar-refractivity contribution in [3.63, 3.8) is 0 Å². The van der Waals surface area contributed by atoms with E-state index >= 15 is 0 Å². The lowest BCUT2D eigenvalue weighted by atomic mass is 9.60. The molecule has 92 valence electrons. The van der Waals surface area contributed by atoms with E-state index in [9.17, 15) is 0 Å². The first kappa shape index (κ1) is 13.5. The molecule has 4 atom stereocenters. The summed E-state index contributed by atoms with van der Waals surface area (Å²) in [6.45, 7) is 17.3. The van der Waals surface area contributed by atoms with Gasteiger partial charge in [-0.25, -0.2) is 0 Å². The van der Waals surface area contributed by atoms with Gasteiger partial charge in [-0.1, -0.05) is 64.8 Å². The predicted molar refractivity (Wildman–Crippen MR) is 73.4 cm³/mol. The quantitative estimate of drug-likeness (QED) is 0.491. The monoisotopic (exact) mass is 220 g/mol. The molecule has 0 aromatic rings. The van der Waals surface area contributed by atoms with Crippen LogP contribution in [0.2, 0.25) is 0 Å². The normalized spacial score (nSPS) is 38.5. The third kappa shape index (κ3) is 2.26. The number of hydrogen-bond donors (Lipinski definition) is 0. The Balaban J connectivity index is 0.000000606. The molecular formula is C16H28. The van der Waals surface area contributed by atoms with Crippen molar-refractivity contribution in [2.24, 2.45) is 23.7 Å². The fourth-order valence-electron chi connectivity index (χ4n) is 3.34. The molecule has 0 N–H and O–H groups in total. The fraction of sp³-hybridized carbons (Fsp3) is 0.750. The lowest BCUT2D eigenvalue weighted by Gasteiger charge is -2.45. The Morgan fingerprint density at radius 1 is 0.812 bits per heavy atom.